The van der Waals surface area contributed by atoms with E-state index in [0.717, 1.165) is 0 Å². The number of carbonyl (C=O) groups is 1. The number of aldehydes is 1. The zero-order valence-electron chi connectivity index (χ0n) is 12.0. The Kier molecular flexibility index (Phi) is 7.89. The maximum Gasteiger partial charge on any atom is 0.186 e. The van der Waals surface area contributed by atoms with Crippen LogP contribution in [0.2, 0.25) is 0 Å². The van der Waals surface area contributed by atoms with Crippen molar-refractivity contribution in [2.24, 2.45) is 0 Å². The van der Waals surface area contributed by atoms with Crippen molar-refractivity contribution in [1.29, 1.82) is 0 Å². The molecule has 9 atom stereocenters. The van der Waals surface area contributed by atoms with Crippen LogP contribution in [0.25, 0.3) is 0 Å². The van der Waals surface area contributed by atoms with Gasteiger partial charge in [0, 0.05) is 0 Å². The average Bonchev–Trinajstić information content (AvgIpc) is 2.56. The summed E-state index contributed by atoms with van der Waals surface area (Å²) in [5.74, 6) is 0. The maximum absolute atomic E-state index is 10.3. The topological polar surface area (TPSA) is 197 Å². The second-order valence-electron chi connectivity index (χ2n) is 5.21. The van der Waals surface area contributed by atoms with E-state index < -0.39 is 68.3 Å². The minimum atomic E-state index is -1.96. The number of carbonyl (C=O) groups excluding carboxylic acids is 1. The zero-order valence-corrected chi connectivity index (χ0v) is 12.0. The normalized spacial score (nSPS) is 37.0. The van der Waals surface area contributed by atoms with Crippen molar-refractivity contribution in [2.45, 2.75) is 55.1 Å². The van der Waals surface area contributed by atoms with E-state index >= 15 is 0 Å². The van der Waals surface area contributed by atoms with Crippen molar-refractivity contribution in [1.82, 2.24) is 0 Å². The number of aliphatic hydroxyl groups is 8. The van der Waals surface area contributed by atoms with E-state index in [9.17, 15) is 35.4 Å². The molecule has 1 saturated heterocycles. The summed E-state index contributed by atoms with van der Waals surface area (Å²) in [6, 6.07) is 0. The van der Waals surface area contributed by atoms with Gasteiger partial charge in [-0.3, -0.25) is 0 Å². The predicted molar refractivity (Wildman–Crippen MR) is 69.8 cm³/mol. The zero-order chi connectivity index (χ0) is 17.7. The third-order valence-corrected chi connectivity index (χ3v) is 3.51. The molecule has 8 N–H and O–H groups in total. The van der Waals surface area contributed by atoms with Gasteiger partial charge in [-0.1, -0.05) is 0 Å². The van der Waals surface area contributed by atoms with Crippen LogP contribution in [0.4, 0.5) is 0 Å². The molecule has 1 aliphatic heterocycles. The van der Waals surface area contributed by atoms with Crippen molar-refractivity contribution < 1.29 is 55.1 Å². The second kappa shape index (κ2) is 8.94. The molecule has 0 unspecified atom stereocenters. The highest BCUT2D eigenvalue weighted by molar-refractivity contribution is 5.56. The van der Waals surface area contributed by atoms with Gasteiger partial charge in [-0.05, 0) is 0 Å². The van der Waals surface area contributed by atoms with Gasteiger partial charge < -0.3 is 55.1 Å². The van der Waals surface area contributed by atoms with E-state index in [-0.39, 0.29) is 6.29 Å². The highest BCUT2D eigenvalue weighted by Gasteiger charge is 2.44. The fourth-order valence-electron chi connectivity index (χ4n) is 2.01. The summed E-state index contributed by atoms with van der Waals surface area (Å²) in [6.45, 7) is -1.37. The van der Waals surface area contributed by atoms with Gasteiger partial charge in [0.05, 0.1) is 13.2 Å². The quantitative estimate of drug-likeness (QED) is 0.196. The minimum Gasteiger partial charge on any atom is -0.394 e. The molecule has 1 heterocycles. The first-order valence-electron chi connectivity index (χ1n) is 6.84. The lowest BCUT2D eigenvalue weighted by molar-refractivity contribution is -0.306. The molecule has 0 bridgehead atoms. The number of hydrogen-bond donors (Lipinski definition) is 8. The molecule has 1 aliphatic rings. The Labute approximate surface area is 130 Å². The molecule has 0 aromatic carbocycles. The molecule has 0 aromatic rings. The molecule has 23 heavy (non-hydrogen) atoms. The molecule has 11 heteroatoms. The van der Waals surface area contributed by atoms with Gasteiger partial charge in [0.25, 0.3) is 0 Å². The monoisotopic (exact) mass is 342 g/mol. The standard InChI is InChI=1S/C12H22O11/c13-1-4(15)7(17)8(18)5(16)3-22-12-11(21)10(20)9(19)6(2-14)23-12/h1,4-12,14-21H,2-3H2/t4-,5-,6+,7+,8-,9+,10-,11+,12+/m1/s1. The predicted octanol–water partition coefficient (Wildman–Crippen LogP) is -5.55. The van der Waals surface area contributed by atoms with E-state index in [1.807, 2.05) is 0 Å². The molecular formula is C12H22O11. The highest BCUT2D eigenvalue weighted by atomic mass is 16.7. The van der Waals surface area contributed by atoms with E-state index in [1.165, 1.54) is 0 Å². The van der Waals surface area contributed by atoms with E-state index in [1.54, 1.807) is 0 Å². The second-order valence-corrected chi connectivity index (χ2v) is 5.21. The van der Waals surface area contributed by atoms with Crippen LogP contribution >= 0.6 is 0 Å². The molecule has 0 aliphatic carbocycles. The Bertz CT molecular complexity index is 365. The molecule has 1 rings (SSSR count). The molecular weight excluding hydrogens is 320 g/mol. The number of aliphatic hydroxyl groups excluding tert-OH is 8. The molecule has 0 spiro atoms. The lowest BCUT2D eigenvalue weighted by Crippen LogP contribution is -2.59. The molecule has 0 saturated carbocycles. The van der Waals surface area contributed by atoms with Crippen molar-refractivity contribution in [2.75, 3.05) is 13.2 Å². The van der Waals surface area contributed by atoms with Crippen LogP contribution in [0.5, 0.6) is 0 Å². The SMILES string of the molecule is O=C[C@@H](O)[C@H](O)[C@H](O)[C@H](O)CO[C@H]1O[C@@H](CO)[C@H](O)[C@@H](O)[C@@H]1O. The Hall–Kier alpha value is -0.730. The van der Waals surface area contributed by atoms with Gasteiger partial charge in [0.1, 0.15) is 48.8 Å². The number of hydrogen-bond acceptors (Lipinski definition) is 11. The van der Waals surface area contributed by atoms with Gasteiger partial charge in [0.15, 0.2) is 12.6 Å². The summed E-state index contributed by atoms with van der Waals surface area (Å²) in [5, 5.41) is 75.4. The van der Waals surface area contributed by atoms with Crippen LogP contribution in [-0.4, -0.2) is 115 Å². The average molecular weight is 342 g/mol. The van der Waals surface area contributed by atoms with Crippen molar-refractivity contribution in [3.05, 3.63) is 0 Å². The molecule has 0 aromatic heterocycles. The summed E-state index contributed by atoms with van der Waals surface area (Å²) < 4.78 is 9.94. The Morgan fingerprint density at radius 2 is 1.61 bits per heavy atom. The highest BCUT2D eigenvalue weighted by Crippen LogP contribution is 2.22. The van der Waals surface area contributed by atoms with Crippen molar-refractivity contribution in [3.63, 3.8) is 0 Å². The summed E-state index contributed by atoms with van der Waals surface area (Å²) >= 11 is 0. The first kappa shape index (κ1) is 20.3. The third kappa shape index (κ3) is 4.87. The van der Waals surface area contributed by atoms with Crippen LogP contribution in [0.15, 0.2) is 0 Å². The van der Waals surface area contributed by atoms with Gasteiger partial charge in [-0.2, -0.15) is 0 Å². The summed E-state index contributed by atoms with van der Waals surface area (Å²) in [6.07, 6.45) is -15.3. The van der Waals surface area contributed by atoms with Gasteiger partial charge in [-0.25, -0.2) is 0 Å². The lowest BCUT2D eigenvalue weighted by atomic mass is 9.99. The molecule has 0 radical (unpaired) electrons. The summed E-state index contributed by atoms with van der Waals surface area (Å²) in [4.78, 5) is 10.3. The van der Waals surface area contributed by atoms with E-state index in [2.05, 4.69) is 0 Å². The Morgan fingerprint density at radius 3 is 2.13 bits per heavy atom. The van der Waals surface area contributed by atoms with Gasteiger partial charge in [-0.15, -0.1) is 0 Å². The molecule has 136 valence electrons. The van der Waals surface area contributed by atoms with Gasteiger partial charge in [0.2, 0.25) is 0 Å². The molecule has 0 amide bonds. The van der Waals surface area contributed by atoms with Crippen LogP contribution in [0.1, 0.15) is 0 Å². The lowest BCUT2D eigenvalue weighted by Gasteiger charge is -2.40. The largest absolute Gasteiger partial charge is 0.394 e. The number of ether oxygens (including phenoxy) is 2. The van der Waals surface area contributed by atoms with Crippen LogP contribution in [0.3, 0.4) is 0 Å². The van der Waals surface area contributed by atoms with Crippen molar-refractivity contribution in [3.8, 4) is 0 Å². The van der Waals surface area contributed by atoms with E-state index in [0.29, 0.717) is 0 Å². The molecule has 1 fully saturated rings. The van der Waals surface area contributed by atoms with Gasteiger partial charge >= 0.3 is 0 Å². The first-order chi connectivity index (χ1) is 10.7. The third-order valence-electron chi connectivity index (χ3n) is 3.51. The first-order valence-corrected chi connectivity index (χ1v) is 6.84. The Balaban J connectivity index is 2.57. The smallest absolute Gasteiger partial charge is 0.186 e. The fraction of sp³-hybridized carbons (Fsp3) is 0.917. The minimum absolute atomic E-state index is 0.0287. The Morgan fingerprint density at radius 1 is 1.00 bits per heavy atom. The maximum atomic E-state index is 10.3. The summed E-state index contributed by atoms with van der Waals surface area (Å²) in [7, 11) is 0. The fourth-order valence-corrected chi connectivity index (χ4v) is 2.01. The van der Waals surface area contributed by atoms with E-state index in [4.69, 9.17) is 19.7 Å². The number of rotatable bonds is 8. The van der Waals surface area contributed by atoms with Crippen LogP contribution in [-0.2, 0) is 14.3 Å². The van der Waals surface area contributed by atoms with Crippen LogP contribution < -0.4 is 0 Å². The van der Waals surface area contributed by atoms with Crippen molar-refractivity contribution >= 4 is 6.29 Å². The summed E-state index contributed by atoms with van der Waals surface area (Å²) in [5.41, 5.74) is 0. The molecule has 11 nitrogen and oxygen atoms in total. The van der Waals surface area contributed by atoms with Crippen LogP contribution in [0, 0.1) is 0 Å².